The molecule has 0 saturated heterocycles. The Morgan fingerprint density at radius 1 is 0.650 bits per heavy atom. The molecule has 2 nitrogen and oxygen atoms in total. The Morgan fingerprint density at radius 2 is 1.25 bits per heavy atom. The predicted molar refractivity (Wildman–Crippen MR) is 83.6 cm³/mol. The average Bonchev–Trinajstić information content (AvgIpc) is 2.39. The van der Waals surface area contributed by atoms with Crippen molar-refractivity contribution < 1.29 is 10.2 Å². The summed E-state index contributed by atoms with van der Waals surface area (Å²) >= 11 is 0. The van der Waals surface area contributed by atoms with Crippen molar-refractivity contribution in [3.05, 3.63) is 45.5 Å². The topological polar surface area (TPSA) is 40.5 Å². The van der Waals surface area contributed by atoms with Gasteiger partial charge in [-0.2, -0.15) is 0 Å². The molecule has 0 bridgehead atoms. The van der Waals surface area contributed by atoms with E-state index < -0.39 is 0 Å². The second kappa shape index (κ2) is 4.86. The zero-order chi connectivity index (χ0) is 15.2. The van der Waals surface area contributed by atoms with Gasteiger partial charge in [-0.25, -0.2) is 0 Å². The summed E-state index contributed by atoms with van der Waals surface area (Å²) in [5.74, 6) is -0.0274. The van der Waals surface area contributed by atoms with Crippen molar-refractivity contribution in [3.8, 4) is 22.6 Å². The van der Waals surface area contributed by atoms with Gasteiger partial charge in [0, 0.05) is 5.56 Å². The maximum Gasteiger partial charge on any atom is 0.166 e. The molecule has 0 atom stereocenters. The number of benzene rings is 2. The number of rotatable bonds is 1. The monoisotopic (exact) mass is 270 g/mol. The number of phenolic OH excluding ortho intramolecular Hbond substituents is 2. The van der Waals surface area contributed by atoms with Gasteiger partial charge in [-0.05, 0) is 74.9 Å². The van der Waals surface area contributed by atoms with Crippen LogP contribution in [0.25, 0.3) is 11.1 Å². The molecule has 0 aliphatic heterocycles. The highest BCUT2D eigenvalue weighted by Crippen LogP contribution is 2.44. The van der Waals surface area contributed by atoms with Gasteiger partial charge < -0.3 is 10.2 Å². The molecule has 2 aromatic rings. The summed E-state index contributed by atoms with van der Waals surface area (Å²) in [5, 5.41) is 20.5. The van der Waals surface area contributed by atoms with Gasteiger partial charge in [-0.1, -0.05) is 17.7 Å². The normalized spacial score (nSPS) is 10.9. The maximum atomic E-state index is 10.4. The van der Waals surface area contributed by atoms with E-state index in [9.17, 15) is 10.2 Å². The van der Waals surface area contributed by atoms with Crippen LogP contribution in [0.4, 0.5) is 0 Å². The Balaban J connectivity index is 2.91. The lowest BCUT2D eigenvalue weighted by Crippen LogP contribution is -1.97. The molecule has 0 spiro atoms. The Morgan fingerprint density at radius 3 is 1.85 bits per heavy atom. The molecule has 0 fully saturated rings. The molecule has 0 saturated carbocycles. The summed E-state index contributed by atoms with van der Waals surface area (Å²) in [6.07, 6.45) is 0. The van der Waals surface area contributed by atoms with E-state index in [1.165, 1.54) is 5.56 Å². The van der Waals surface area contributed by atoms with Gasteiger partial charge in [-0.15, -0.1) is 0 Å². The molecule has 0 aromatic heterocycles. The lowest BCUT2D eigenvalue weighted by molar-refractivity contribution is 0.401. The summed E-state index contributed by atoms with van der Waals surface area (Å²) in [7, 11) is 0. The standard InChI is InChI=1S/C18H22O2/c1-9-7-10(2)11(3)15(8-9)16-13(5)12(4)14(6)17(19)18(16)20/h7-8,19-20H,1-6H3. The van der Waals surface area contributed by atoms with Crippen LogP contribution in [0.15, 0.2) is 12.1 Å². The molecule has 2 aromatic carbocycles. The van der Waals surface area contributed by atoms with E-state index in [-0.39, 0.29) is 11.5 Å². The molecule has 2 rings (SSSR count). The Hall–Kier alpha value is -1.96. The molecule has 0 aliphatic rings. The van der Waals surface area contributed by atoms with Crippen molar-refractivity contribution in [2.75, 3.05) is 0 Å². The number of hydrogen-bond acceptors (Lipinski definition) is 2. The van der Waals surface area contributed by atoms with E-state index in [1.54, 1.807) is 0 Å². The van der Waals surface area contributed by atoms with Gasteiger partial charge >= 0.3 is 0 Å². The van der Waals surface area contributed by atoms with Crippen LogP contribution in [0.1, 0.15) is 33.4 Å². The number of phenols is 2. The van der Waals surface area contributed by atoms with Crippen LogP contribution in [0.5, 0.6) is 11.5 Å². The molecule has 0 unspecified atom stereocenters. The summed E-state index contributed by atoms with van der Waals surface area (Å²) in [5.41, 5.74) is 8.00. The van der Waals surface area contributed by atoms with Crippen molar-refractivity contribution in [2.24, 2.45) is 0 Å². The minimum absolute atomic E-state index is 0.0124. The summed E-state index contributed by atoms with van der Waals surface area (Å²) < 4.78 is 0. The molecular weight excluding hydrogens is 248 g/mol. The van der Waals surface area contributed by atoms with Crippen molar-refractivity contribution in [1.29, 1.82) is 0 Å². The van der Waals surface area contributed by atoms with Gasteiger partial charge in [-0.3, -0.25) is 0 Å². The first kappa shape index (κ1) is 14.4. The predicted octanol–water partition coefficient (Wildman–Crippen LogP) is 4.62. The highest BCUT2D eigenvalue weighted by atomic mass is 16.3. The third kappa shape index (κ3) is 2.05. The van der Waals surface area contributed by atoms with E-state index in [0.29, 0.717) is 0 Å². The van der Waals surface area contributed by atoms with Crippen molar-refractivity contribution in [1.82, 2.24) is 0 Å². The zero-order valence-electron chi connectivity index (χ0n) is 13.0. The first-order valence-corrected chi connectivity index (χ1v) is 6.85. The second-order valence-corrected chi connectivity index (χ2v) is 5.70. The smallest absolute Gasteiger partial charge is 0.166 e. The fraction of sp³-hybridized carbons (Fsp3) is 0.333. The van der Waals surface area contributed by atoms with Crippen LogP contribution in [0, 0.1) is 41.5 Å². The summed E-state index contributed by atoms with van der Waals surface area (Å²) in [6, 6.07) is 4.20. The van der Waals surface area contributed by atoms with E-state index in [1.807, 2.05) is 27.7 Å². The Labute approximate surface area is 120 Å². The third-order valence-electron chi connectivity index (χ3n) is 4.40. The quantitative estimate of drug-likeness (QED) is 0.743. The van der Waals surface area contributed by atoms with Gasteiger partial charge in [0.1, 0.15) is 0 Å². The van der Waals surface area contributed by atoms with Gasteiger partial charge in [0.15, 0.2) is 11.5 Å². The first-order chi connectivity index (χ1) is 9.25. The third-order valence-corrected chi connectivity index (χ3v) is 4.40. The largest absolute Gasteiger partial charge is 0.504 e. The summed E-state index contributed by atoms with van der Waals surface area (Å²) in [4.78, 5) is 0. The van der Waals surface area contributed by atoms with E-state index in [0.717, 1.165) is 38.9 Å². The lowest BCUT2D eigenvalue weighted by Gasteiger charge is -2.19. The first-order valence-electron chi connectivity index (χ1n) is 6.85. The van der Waals surface area contributed by atoms with Crippen molar-refractivity contribution in [2.45, 2.75) is 41.5 Å². The Kier molecular flexibility index (Phi) is 3.51. The Bertz CT molecular complexity index is 668. The van der Waals surface area contributed by atoms with Crippen LogP contribution < -0.4 is 0 Å². The fourth-order valence-corrected chi connectivity index (χ4v) is 2.75. The number of hydrogen-bond donors (Lipinski definition) is 2. The zero-order valence-corrected chi connectivity index (χ0v) is 13.0. The highest BCUT2D eigenvalue weighted by Gasteiger charge is 2.19. The molecule has 0 amide bonds. The fourth-order valence-electron chi connectivity index (χ4n) is 2.75. The van der Waals surface area contributed by atoms with Gasteiger partial charge in [0.05, 0.1) is 0 Å². The van der Waals surface area contributed by atoms with E-state index in [2.05, 4.69) is 26.0 Å². The van der Waals surface area contributed by atoms with Crippen LogP contribution in [0.3, 0.4) is 0 Å². The molecule has 2 N–H and O–H groups in total. The van der Waals surface area contributed by atoms with Crippen LogP contribution in [-0.2, 0) is 0 Å². The summed E-state index contributed by atoms with van der Waals surface area (Å²) in [6.45, 7) is 12.0. The van der Waals surface area contributed by atoms with Crippen LogP contribution in [-0.4, -0.2) is 10.2 Å². The molecule has 20 heavy (non-hydrogen) atoms. The van der Waals surface area contributed by atoms with E-state index >= 15 is 0 Å². The molecule has 0 aliphatic carbocycles. The van der Waals surface area contributed by atoms with Crippen molar-refractivity contribution >= 4 is 0 Å². The lowest BCUT2D eigenvalue weighted by atomic mass is 9.88. The second-order valence-electron chi connectivity index (χ2n) is 5.70. The van der Waals surface area contributed by atoms with Crippen molar-refractivity contribution in [3.63, 3.8) is 0 Å². The van der Waals surface area contributed by atoms with Crippen LogP contribution in [0.2, 0.25) is 0 Å². The SMILES string of the molecule is Cc1cc(C)c(C)c(-c2c(C)c(C)c(C)c(O)c2O)c1. The average molecular weight is 270 g/mol. The molecule has 2 heteroatoms. The maximum absolute atomic E-state index is 10.4. The minimum Gasteiger partial charge on any atom is -0.504 e. The highest BCUT2D eigenvalue weighted by molar-refractivity contribution is 5.82. The molecule has 106 valence electrons. The van der Waals surface area contributed by atoms with E-state index in [4.69, 9.17) is 0 Å². The van der Waals surface area contributed by atoms with Crippen LogP contribution >= 0.6 is 0 Å². The number of aryl methyl sites for hydroxylation is 2. The molecular formula is C18H22O2. The molecule has 0 radical (unpaired) electrons. The number of aromatic hydroxyl groups is 2. The van der Waals surface area contributed by atoms with Gasteiger partial charge in [0.2, 0.25) is 0 Å². The van der Waals surface area contributed by atoms with Gasteiger partial charge in [0.25, 0.3) is 0 Å². The minimum atomic E-state index is -0.0151. The molecule has 0 heterocycles.